The smallest absolute Gasteiger partial charge is 0.386 e. The maximum Gasteiger partial charge on any atom is 0.481 e. The highest BCUT2D eigenvalue weighted by atomic mass is 32.2. The van der Waals surface area contributed by atoms with Gasteiger partial charge in [0.25, 0.3) is 0 Å². The molecule has 0 spiro atoms. The molecule has 20 N–H and O–H groups in total. The summed E-state index contributed by atoms with van der Waals surface area (Å²) >= 11 is 4.97. The number of nitrogens with zero attached hydrogens (tertiary/aromatic N) is 8. The summed E-state index contributed by atoms with van der Waals surface area (Å²) in [5.74, 6) is -2.03. The second-order valence-corrected chi connectivity index (χ2v) is 32.4. The molecule has 99 heavy (non-hydrogen) atoms. The van der Waals surface area contributed by atoms with Crippen molar-refractivity contribution in [1.29, 1.82) is 0 Å². The molecule has 0 aromatic carbocycles. The maximum absolute atomic E-state index is 12.6. The molecule has 4 unspecified atom stereocenters. The molecule has 14 atom stereocenters. The molecule has 0 aliphatic carbocycles. The Hall–Kier alpha value is -4.55. The van der Waals surface area contributed by atoms with Crippen molar-refractivity contribution >= 4 is 134 Å². The summed E-state index contributed by atoms with van der Waals surface area (Å²) in [6.07, 6.45) is -13.6. The predicted molar refractivity (Wildman–Crippen MR) is 336 cm³/mol. The minimum atomic E-state index is -5.56. The van der Waals surface area contributed by atoms with E-state index < -0.39 is 163 Å². The van der Waals surface area contributed by atoms with Gasteiger partial charge >= 0.3 is 46.9 Å². The normalized spacial score (nSPS) is 23.0. The van der Waals surface area contributed by atoms with Gasteiger partial charge in [-0.15, -0.1) is 0 Å². The number of nitrogens with one attached hydrogen (secondary N) is 4. The molecule has 2 saturated heterocycles. The van der Waals surface area contributed by atoms with Crippen LogP contribution in [0.3, 0.4) is 0 Å². The van der Waals surface area contributed by atoms with E-state index in [4.69, 9.17) is 39.0 Å². The highest BCUT2D eigenvalue weighted by Gasteiger charge is 2.52. The van der Waals surface area contributed by atoms with E-state index in [9.17, 15) is 111 Å². The number of anilines is 2. The summed E-state index contributed by atoms with van der Waals surface area (Å²) in [6, 6.07) is 0. The lowest BCUT2D eigenvalue weighted by Crippen LogP contribution is -2.46. The third-order valence-corrected chi connectivity index (χ3v) is 20.6. The number of imidazole rings is 2. The molecule has 0 bridgehead atoms. The van der Waals surface area contributed by atoms with Gasteiger partial charge in [-0.25, -0.2) is 57.3 Å². The van der Waals surface area contributed by atoms with Crippen molar-refractivity contribution in [2.75, 3.05) is 75.6 Å². The third kappa shape index (κ3) is 26.3. The molecule has 2 aliphatic rings. The van der Waals surface area contributed by atoms with Crippen molar-refractivity contribution < 1.29 is 156 Å². The quantitative estimate of drug-likeness (QED) is 0.0122. The van der Waals surface area contributed by atoms with Crippen LogP contribution in [0.4, 0.5) is 11.6 Å². The van der Waals surface area contributed by atoms with Gasteiger partial charge in [0.05, 0.1) is 39.1 Å². The van der Waals surface area contributed by atoms with Crippen LogP contribution >= 0.6 is 71.3 Å². The van der Waals surface area contributed by atoms with Gasteiger partial charge in [-0.2, -0.15) is 21.3 Å². The number of phosphoric acid groups is 6. The summed E-state index contributed by atoms with van der Waals surface area (Å²) in [5, 5.41) is 52.1. The number of hydrogen-bond donors (Lipinski definition) is 19. The number of amides is 4. The zero-order valence-electron chi connectivity index (χ0n) is 52.3. The van der Waals surface area contributed by atoms with Crippen molar-refractivity contribution in [3.05, 3.63) is 25.3 Å². The number of aliphatic hydroxyl groups is 4. The van der Waals surface area contributed by atoms with Gasteiger partial charge in [0, 0.05) is 68.3 Å². The van der Waals surface area contributed by atoms with Crippen molar-refractivity contribution in [2.24, 2.45) is 10.8 Å². The van der Waals surface area contributed by atoms with E-state index in [1.54, 1.807) is 0 Å². The van der Waals surface area contributed by atoms with Gasteiger partial charge in [0.2, 0.25) is 23.6 Å². The topological polar surface area (TPSA) is 710 Å². The standard InChI is InChI=1S/C23H38N7O17P3S.C21H36N7O16P3S/c1-12(31)51-7-6-25-14(32)4-5-26-21(35)18(34)23(2,3)9-44-50(41,42)47-49(39,40)43-8-13-17(46-48(36,37)38)16(33)22(45-13)30-11-29-15-19(24)27-10-28-20(15)30;1-21(2,16(31)19(32)24-4-3-12(29)23-5-6-48)8-41-47(38,39)44-46(36,37)40-7-11-15(43-45(33,34)35)14(30)20(42-11)28-10-27-13-17(22)25-9-26-18(13)28/h10-11,13,16-18,22,33-34H,4-9H2,1-3H3,(H,25,32)(H,26,35)(H,39,40)(H,41,42)(H2,24,27,28)(H2,36,37,38);9-11,14-16,20,30-31,48H,3-8H2,1-2H3,(H,23,29)(H,24,32)(H,36,37)(H,38,39)(H2,22,25,26)(H2,33,34,35)/t13-,16-,17-,18+,22-;11-,14-,15-,16+,20-/m11/s1. The number of carbonyl (C=O) groups excluding carboxylic acids is 5. The molecular formula is C44H74N14O33P6S2. The number of thioether (sulfide) groups is 1. The number of aromatic nitrogens is 8. The highest BCUT2D eigenvalue weighted by molar-refractivity contribution is 8.13. The van der Waals surface area contributed by atoms with Crippen molar-refractivity contribution in [2.45, 2.75) is 109 Å². The zero-order valence-corrected chi connectivity index (χ0v) is 59.4. The Balaban J connectivity index is 0.000000358. The fraction of sp³-hybridized carbons (Fsp3) is 0.659. The van der Waals surface area contributed by atoms with Crippen LogP contribution < -0.4 is 32.7 Å². The molecule has 55 heteroatoms. The molecule has 2 fully saturated rings. The molecule has 0 radical (unpaired) electrons. The fourth-order valence-corrected chi connectivity index (χ4v) is 14.7. The summed E-state index contributed by atoms with van der Waals surface area (Å²) in [4.78, 5) is 161. The molecule has 0 saturated carbocycles. The first-order chi connectivity index (χ1) is 45.7. The highest BCUT2D eigenvalue weighted by Crippen LogP contribution is 2.62. The summed E-state index contributed by atoms with van der Waals surface area (Å²) < 4.78 is 124. The van der Waals surface area contributed by atoms with Crippen LogP contribution in [0, 0.1) is 10.8 Å². The van der Waals surface area contributed by atoms with Crippen LogP contribution in [-0.2, 0) is 96.6 Å². The molecule has 4 aromatic heterocycles. The van der Waals surface area contributed by atoms with E-state index in [-0.39, 0.29) is 77.5 Å². The zero-order chi connectivity index (χ0) is 74.4. The molecule has 47 nitrogen and oxygen atoms in total. The Labute approximate surface area is 568 Å². The average Bonchev–Trinajstić information content (AvgIpc) is 1.63. The lowest BCUT2D eigenvalue weighted by atomic mass is 9.87. The lowest BCUT2D eigenvalue weighted by Gasteiger charge is -2.30. The van der Waals surface area contributed by atoms with E-state index >= 15 is 0 Å². The third-order valence-electron chi connectivity index (χ3n) is 13.3. The molecule has 4 aromatic rings. The molecule has 560 valence electrons. The van der Waals surface area contributed by atoms with Crippen LogP contribution in [0.5, 0.6) is 0 Å². The van der Waals surface area contributed by atoms with Gasteiger partial charge in [-0.1, -0.05) is 39.5 Å². The number of rotatable bonds is 37. The van der Waals surface area contributed by atoms with Gasteiger partial charge in [-0.3, -0.25) is 60.2 Å². The van der Waals surface area contributed by atoms with Crippen molar-refractivity contribution in [3.8, 4) is 0 Å². The monoisotopic (exact) mass is 1580 g/mol. The van der Waals surface area contributed by atoms with Gasteiger partial charge in [0.15, 0.2) is 40.5 Å². The lowest BCUT2D eigenvalue weighted by molar-refractivity contribution is -0.137. The first kappa shape index (κ1) is 85.1. The SMILES string of the molecule is CC(=O)SCCNC(=O)CCNC(=O)[C@H](O)C(C)(C)COP(=O)(O)OP(=O)(O)OC[C@H]1O[C@@H](n2cnc3c(N)ncnc32)[C@H](O)[C@@H]1OP(=O)(O)O.CC(C)(COP(=O)(O)OP(=O)(O)OC[C@H]1O[C@@H](n2cnc3c(N)ncnc32)[C@H](O)[C@@H]1OP(=O)(O)O)[C@@H](O)C(=O)NCCC(=O)NCCS. The van der Waals surface area contributed by atoms with Crippen LogP contribution in [-0.4, -0.2) is 240 Å². The minimum Gasteiger partial charge on any atom is -0.386 e. The van der Waals surface area contributed by atoms with E-state index in [0.29, 0.717) is 18.1 Å². The van der Waals surface area contributed by atoms with Crippen LogP contribution in [0.15, 0.2) is 25.3 Å². The van der Waals surface area contributed by atoms with Gasteiger partial charge in [0.1, 0.15) is 72.5 Å². The molecule has 4 amide bonds. The second kappa shape index (κ2) is 35.8. The number of carbonyl (C=O) groups is 5. The molecule has 2 aliphatic heterocycles. The van der Waals surface area contributed by atoms with E-state index in [1.165, 1.54) is 34.6 Å². The van der Waals surface area contributed by atoms with Crippen LogP contribution in [0.1, 0.15) is 59.9 Å². The number of hydrogen-bond acceptors (Lipinski definition) is 35. The average molecular weight is 1580 g/mol. The number of thiol groups is 1. The minimum absolute atomic E-state index is 0.0310. The molecule has 6 heterocycles. The van der Waals surface area contributed by atoms with Crippen molar-refractivity contribution in [1.82, 2.24) is 60.3 Å². The van der Waals surface area contributed by atoms with E-state index in [2.05, 4.69) is 81.5 Å². The summed E-state index contributed by atoms with van der Waals surface area (Å²) in [5.41, 5.74) is 8.56. The fourth-order valence-electron chi connectivity index (χ4n) is 8.46. The van der Waals surface area contributed by atoms with Crippen molar-refractivity contribution in [3.63, 3.8) is 0 Å². The molecule has 6 rings (SSSR count). The Bertz CT molecular complexity index is 3780. The van der Waals surface area contributed by atoms with Crippen LogP contribution in [0.2, 0.25) is 0 Å². The Morgan fingerprint density at radius 3 is 1.30 bits per heavy atom. The van der Waals surface area contributed by atoms with Gasteiger partial charge in [-0.05, 0) is 0 Å². The number of aliphatic hydroxyl groups excluding tert-OH is 4. The Morgan fingerprint density at radius 2 is 0.949 bits per heavy atom. The maximum atomic E-state index is 12.6. The number of nitrogen functional groups attached to an aromatic ring is 2. The first-order valence-electron chi connectivity index (χ1n) is 28.2. The van der Waals surface area contributed by atoms with Gasteiger partial charge < -0.3 is 102 Å². The summed E-state index contributed by atoms with van der Waals surface area (Å²) in [7, 11) is -32.7. The summed E-state index contributed by atoms with van der Waals surface area (Å²) in [6.45, 7) is 2.62. The number of nitrogens with two attached hydrogens (primary N) is 2. The van der Waals surface area contributed by atoms with E-state index in [0.717, 1.165) is 46.2 Å². The van der Waals surface area contributed by atoms with E-state index in [1.807, 2.05) is 0 Å². The number of ether oxygens (including phenoxy) is 2. The second-order valence-electron chi connectivity index (χ2n) is 22.2. The molecular weight excluding hydrogens is 1500 g/mol. The Kier molecular flexibility index (Phi) is 30.7. The number of phosphoric ester groups is 6. The Morgan fingerprint density at radius 1 is 0.586 bits per heavy atom. The number of fused-ring (bicyclic) bond motifs is 2. The first-order valence-corrected chi connectivity index (χ1v) is 38.9. The van der Waals surface area contributed by atoms with Crippen LogP contribution in [0.25, 0.3) is 22.3 Å². The predicted octanol–water partition coefficient (Wildman–Crippen LogP) is -2.98. The largest absolute Gasteiger partial charge is 0.481 e.